The molecule has 0 amide bonds. The Kier molecular flexibility index (Phi) is 4.14. The van der Waals surface area contributed by atoms with Crippen molar-refractivity contribution in [3.63, 3.8) is 0 Å². The summed E-state index contributed by atoms with van der Waals surface area (Å²) in [5, 5.41) is 0.156. The third-order valence-electron chi connectivity index (χ3n) is 2.39. The predicted octanol–water partition coefficient (Wildman–Crippen LogP) is 4.19. The zero-order valence-electron chi connectivity index (χ0n) is 9.57. The number of aromatic nitrogens is 2. The SMILES string of the molecule is CCN(c1cccc(F)c1)c1nc(Cl)ncc1Br. The van der Waals surface area contributed by atoms with Crippen LogP contribution in [0.25, 0.3) is 0 Å². The minimum atomic E-state index is -0.290. The largest absolute Gasteiger partial charge is 0.325 e. The average molecular weight is 331 g/mol. The number of benzene rings is 1. The van der Waals surface area contributed by atoms with Crippen LogP contribution in [0.3, 0.4) is 0 Å². The molecular weight excluding hydrogens is 321 g/mol. The van der Waals surface area contributed by atoms with Crippen molar-refractivity contribution in [2.45, 2.75) is 6.92 Å². The molecule has 0 unspecified atom stereocenters. The van der Waals surface area contributed by atoms with Crippen LogP contribution in [0.4, 0.5) is 15.9 Å². The lowest BCUT2D eigenvalue weighted by Gasteiger charge is -2.23. The van der Waals surface area contributed by atoms with Crippen molar-refractivity contribution in [2.24, 2.45) is 0 Å². The van der Waals surface area contributed by atoms with E-state index in [1.165, 1.54) is 12.1 Å². The van der Waals surface area contributed by atoms with E-state index in [1.54, 1.807) is 12.3 Å². The van der Waals surface area contributed by atoms with Gasteiger partial charge in [-0.15, -0.1) is 0 Å². The van der Waals surface area contributed by atoms with Crippen LogP contribution in [0.1, 0.15) is 6.92 Å². The van der Waals surface area contributed by atoms with Crippen molar-refractivity contribution >= 4 is 39.0 Å². The van der Waals surface area contributed by atoms with Crippen LogP contribution in [0, 0.1) is 5.82 Å². The third kappa shape index (κ3) is 2.79. The van der Waals surface area contributed by atoms with E-state index in [1.807, 2.05) is 17.9 Å². The van der Waals surface area contributed by atoms with Gasteiger partial charge in [0.05, 0.1) is 4.47 Å². The molecule has 1 aromatic heterocycles. The molecule has 2 aromatic rings. The zero-order valence-corrected chi connectivity index (χ0v) is 11.9. The highest BCUT2D eigenvalue weighted by Crippen LogP contribution is 2.30. The molecule has 0 N–H and O–H groups in total. The molecule has 2 rings (SSSR count). The molecule has 0 spiro atoms. The molecule has 0 aliphatic heterocycles. The molecule has 0 atom stereocenters. The Hall–Kier alpha value is -1.20. The molecule has 0 saturated carbocycles. The zero-order chi connectivity index (χ0) is 13.1. The van der Waals surface area contributed by atoms with Crippen LogP contribution in [-0.4, -0.2) is 16.5 Å². The van der Waals surface area contributed by atoms with Gasteiger partial charge < -0.3 is 4.90 Å². The Bertz CT molecular complexity index is 565. The molecule has 0 bridgehead atoms. The number of halogens is 3. The van der Waals surface area contributed by atoms with Crippen molar-refractivity contribution in [3.05, 3.63) is 46.0 Å². The van der Waals surface area contributed by atoms with Crippen molar-refractivity contribution < 1.29 is 4.39 Å². The van der Waals surface area contributed by atoms with E-state index in [0.717, 1.165) is 0 Å². The van der Waals surface area contributed by atoms with Crippen molar-refractivity contribution in [1.82, 2.24) is 9.97 Å². The molecule has 94 valence electrons. The van der Waals surface area contributed by atoms with Crippen LogP contribution >= 0.6 is 27.5 Å². The first kappa shape index (κ1) is 13.2. The standard InChI is InChI=1S/C12H10BrClFN3/c1-2-18(9-5-3-4-8(15)6-9)11-10(13)7-16-12(14)17-11/h3-7H,2H2,1H3. The second-order valence-electron chi connectivity index (χ2n) is 3.53. The van der Waals surface area contributed by atoms with Crippen LogP contribution in [-0.2, 0) is 0 Å². The summed E-state index contributed by atoms with van der Waals surface area (Å²) < 4.78 is 14.0. The van der Waals surface area contributed by atoms with Crippen LogP contribution in [0.5, 0.6) is 0 Å². The van der Waals surface area contributed by atoms with Gasteiger partial charge in [0, 0.05) is 18.4 Å². The van der Waals surface area contributed by atoms with Gasteiger partial charge >= 0.3 is 0 Å². The average Bonchev–Trinajstić information content (AvgIpc) is 2.35. The highest BCUT2D eigenvalue weighted by molar-refractivity contribution is 9.10. The fourth-order valence-electron chi connectivity index (χ4n) is 1.63. The lowest BCUT2D eigenvalue weighted by molar-refractivity contribution is 0.627. The van der Waals surface area contributed by atoms with Gasteiger partial charge in [0.15, 0.2) is 5.82 Å². The van der Waals surface area contributed by atoms with E-state index in [0.29, 0.717) is 22.5 Å². The summed E-state index contributed by atoms with van der Waals surface area (Å²) >= 11 is 9.16. The molecular formula is C12H10BrClFN3. The van der Waals surface area contributed by atoms with E-state index < -0.39 is 0 Å². The van der Waals surface area contributed by atoms with Gasteiger partial charge in [-0.25, -0.2) is 9.37 Å². The fourth-order valence-corrected chi connectivity index (χ4v) is 2.16. The summed E-state index contributed by atoms with van der Waals surface area (Å²) in [7, 11) is 0. The number of hydrogen-bond acceptors (Lipinski definition) is 3. The van der Waals surface area contributed by atoms with Crippen molar-refractivity contribution in [3.8, 4) is 0 Å². The first-order valence-corrected chi connectivity index (χ1v) is 6.50. The summed E-state index contributed by atoms with van der Waals surface area (Å²) in [5.74, 6) is 0.324. The highest BCUT2D eigenvalue weighted by Gasteiger charge is 2.14. The molecule has 0 fully saturated rings. The molecule has 3 nitrogen and oxygen atoms in total. The molecule has 6 heteroatoms. The van der Waals surface area contributed by atoms with Crippen LogP contribution < -0.4 is 4.90 Å². The smallest absolute Gasteiger partial charge is 0.224 e. The summed E-state index contributed by atoms with van der Waals surface area (Å²) in [4.78, 5) is 9.88. The second-order valence-corrected chi connectivity index (χ2v) is 4.73. The fraction of sp³-hybridized carbons (Fsp3) is 0.167. The molecule has 0 saturated heterocycles. The Labute approximate surface area is 118 Å². The van der Waals surface area contributed by atoms with E-state index in [-0.39, 0.29) is 11.1 Å². The number of nitrogens with zero attached hydrogens (tertiary/aromatic N) is 3. The summed E-state index contributed by atoms with van der Waals surface area (Å²) in [5.41, 5.74) is 0.716. The monoisotopic (exact) mass is 329 g/mol. The molecule has 1 aromatic carbocycles. The summed E-state index contributed by atoms with van der Waals surface area (Å²) in [6.45, 7) is 2.59. The summed E-state index contributed by atoms with van der Waals surface area (Å²) in [6, 6.07) is 6.32. The quantitative estimate of drug-likeness (QED) is 0.790. The van der Waals surface area contributed by atoms with Crippen molar-refractivity contribution in [1.29, 1.82) is 0 Å². The van der Waals surface area contributed by atoms with Gasteiger partial charge in [0.25, 0.3) is 0 Å². The first-order valence-electron chi connectivity index (χ1n) is 5.33. The molecule has 18 heavy (non-hydrogen) atoms. The Morgan fingerprint density at radius 1 is 1.44 bits per heavy atom. The molecule has 0 aliphatic rings. The molecule has 0 aliphatic carbocycles. The summed E-state index contributed by atoms with van der Waals surface area (Å²) in [6.07, 6.45) is 1.58. The van der Waals surface area contributed by atoms with E-state index in [4.69, 9.17) is 11.6 Å². The van der Waals surface area contributed by atoms with Gasteiger partial charge in [0.2, 0.25) is 5.28 Å². The maximum Gasteiger partial charge on any atom is 0.224 e. The van der Waals surface area contributed by atoms with Crippen molar-refractivity contribution in [2.75, 3.05) is 11.4 Å². The Balaban J connectivity index is 2.48. The number of anilines is 2. The minimum Gasteiger partial charge on any atom is -0.325 e. The third-order valence-corrected chi connectivity index (χ3v) is 3.13. The molecule has 0 radical (unpaired) electrons. The lowest BCUT2D eigenvalue weighted by atomic mass is 10.2. The van der Waals surface area contributed by atoms with Gasteiger partial charge in [-0.2, -0.15) is 4.98 Å². The Morgan fingerprint density at radius 3 is 2.89 bits per heavy atom. The molecule has 1 heterocycles. The van der Waals surface area contributed by atoms with Gasteiger partial charge in [-0.05, 0) is 52.7 Å². The number of rotatable bonds is 3. The minimum absolute atomic E-state index is 0.156. The Morgan fingerprint density at radius 2 is 2.22 bits per heavy atom. The highest BCUT2D eigenvalue weighted by atomic mass is 79.9. The van der Waals surface area contributed by atoms with Gasteiger partial charge in [-0.3, -0.25) is 0 Å². The lowest BCUT2D eigenvalue weighted by Crippen LogP contribution is -2.18. The van der Waals surface area contributed by atoms with Gasteiger partial charge in [0.1, 0.15) is 5.82 Å². The maximum atomic E-state index is 13.3. The second kappa shape index (κ2) is 5.63. The number of hydrogen-bond donors (Lipinski definition) is 0. The maximum absolute atomic E-state index is 13.3. The predicted molar refractivity (Wildman–Crippen MR) is 73.8 cm³/mol. The van der Waals surface area contributed by atoms with E-state index in [9.17, 15) is 4.39 Å². The first-order chi connectivity index (χ1) is 8.61. The normalized spacial score (nSPS) is 10.4. The van der Waals surface area contributed by atoms with E-state index >= 15 is 0 Å². The topological polar surface area (TPSA) is 29.0 Å². The van der Waals surface area contributed by atoms with Gasteiger partial charge in [-0.1, -0.05) is 6.07 Å². The van der Waals surface area contributed by atoms with Crippen LogP contribution in [0.2, 0.25) is 5.28 Å². The van der Waals surface area contributed by atoms with E-state index in [2.05, 4.69) is 25.9 Å². The van der Waals surface area contributed by atoms with Crippen LogP contribution in [0.15, 0.2) is 34.9 Å².